The number of furan rings is 1. The molecule has 2 amide bonds. The van der Waals surface area contributed by atoms with Crippen molar-refractivity contribution in [3.8, 4) is 0 Å². The molecule has 8 heteroatoms. The van der Waals surface area contributed by atoms with Crippen LogP contribution in [0.1, 0.15) is 23.1 Å². The number of nitrogens with one attached hydrogen (secondary N) is 1. The molecule has 0 aliphatic carbocycles. The zero-order valence-corrected chi connectivity index (χ0v) is 14.0. The number of carbonyl (C=O) groups is 1. The van der Waals surface area contributed by atoms with Crippen molar-refractivity contribution >= 4 is 17.4 Å². The van der Waals surface area contributed by atoms with Gasteiger partial charge in [0.15, 0.2) is 0 Å². The monoisotopic (exact) mass is 345 g/mol. The Kier molecular flexibility index (Phi) is 4.71. The van der Waals surface area contributed by atoms with Gasteiger partial charge in [-0.15, -0.1) is 0 Å². The minimum atomic E-state index is -0.464. The Bertz CT molecular complexity index is 801. The smallest absolute Gasteiger partial charge is 0.322 e. The number of benzene rings is 1. The lowest BCUT2D eigenvalue weighted by Gasteiger charge is -2.34. The summed E-state index contributed by atoms with van der Waals surface area (Å²) in [5, 5.41) is 13.8. The maximum Gasteiger partial charge on any atom is 0.322 e. The van der Waals surface area contributed by atoms with Crippen molar-refractivity contribution in [3.05, 3.63) is 57.5 Å². The van der Waals surface area contributed by atoms with Gasteiger partial charge in [-0.2, -0.15) is 0 Å². The first-order valence-corrected chi connectivity index (χ1v) is 7.93. The Labute approximate surface area is 144 Å². The summed E-state index contributed by atoms with van der Waals surface area (Å²) < 4.78 is 11.1. The number of nitro benzene ring substituents is 1. The third-order valence-corrected chi connectivity index (χ3v) is 4.22. The summed E-state index contributed by atoms with van der Waals surface area (Å²) in [6.07, 6.45) is 0. The lowest BCUT2D eigenvalue weighted by Crippen LogP contribution is -2.45. The average Bonchev–Trinajstić information content (AvgIpc) is 3.02. The summed E-state index contributed by atoms with van der Waals surface area (Å²) in [6, 6.07) is 7.60. The number of hydrogen-bond donors (Lipinski definition) is 1. The van der Waals surface area contributed by atoms with E-state index in [-0.39, 0.29) is 17.8 Å². The van der Waals surface area contributed by atoms with E-state index in [4.69, 9.17) is 9.15 Å². The van der Waals surface area contributed by atoms with Crippen molar-refractivity contribution in [3.63, 3.8) is 0 Å². The maximum absolute atomic E-state index is 12.7. The number of morpholine rings is 1. The van der Waals surface area contributed by atoms with Crippen LogP contribution >= 0.6 is 0 Å². The third kappa shape index (κ3) is 3.48. The lowest BCUT2D eigenvalue weighted by molar-refractivity contribution is -0.385. The number of ether oxygens (including phenoxy) is 1. The van der Waals surface area contributed by atoms with Gasteiger partial charge in [-0.25, -0.2) is 4.79 Å². The van der Waals surface area contributed by atoms with E-state index >= 15 is 0 Å². The first-order valence-electron chi connectivity index (χ1n) is 7.93. The van der Waals surface area contributed by atoms with Crippen molar-refractivity contribution in [1.82, 2.24) is 4.90 Å². The molecule has 1 aliphatic rings. The Morgan fingerprint density at radius 3 is 2.80 bits per heavy atom. The Morgan fingerprint density at radius 2 is 2.12 bits per heavy atom. The van der Waals surface area contributed by atoms with Crippen LogP contribution in [0.2, 0.25) is 0 Å². The molecule has 1 aliphatic heterocycles. The van der Waals surface area contributed by atoms with Crippen molar-refractivity contribution in [2.75, 3.05) is 25.1 Å². The van der Waals surface area contributed by atoms with Gasteiger partial charge in [0.25, 0.3) is 5.69 Å². The predicted octanol–water partition coefficient (Wildman–Crippen LogP) is 3.41. The predicted molar refractivity (Wildman–Crippen MR) is 90.6 cm³/mol. The highest BCUT2D eigenvalue weighted by Crippen LogP contribution is 2.29. The molecule has 1 aromatic carbocycles. The Hall–Kier alpha value is -2.87. The van der Waals surface area contributed by atoms with Gasteiger partial charge in [-0.3, -0.25) is 10.1 Å². The molecule has 8 nitrogen and oxygen atoms in total. The first kappa shape index (κ1) is 17.0. The summed E-state index contributed by atoms with van der Waals surface area (Å²) in [6.45, 7) is 4.63. The van der Waals surface area contributed by atoms with Gasteiger partial charge in [0.2, 0.25) is 0 Å². The molecule has 2 heterocycles. The molecular formula is C17H19N3O5. The van der Waals surface area contributed by atoms with Crippen LogP contribution in [-0.2, 0) is 4.74 Å². The molecule has 2 aromatic rings. The molecule has 25 heavy (non-hydrogen) atoms. The molecule has 3 rings (SSSR count). The number of hydrogen-bond acceptors (Lipinski definition) is 5. The molecule has 1 atom stereocenters. The normalized spacial score (nSPS) is 17.4. The molecule has 1 fully saturated rings. The van der Waals surface area contributed by atoms with Crippen molar-refractivity contribution in [1.29, 1.82) is 0 Å². The zero-order chi connectivity index (χ0) is 18.0. The van der Waals surface area contributed by atoms with Crippen LogP contribution in [0.25, 0.3) is 0 Å². The quantitative estimate of drug-likeness (QED) is 0.679. The highest BCUT2D eigenvalue weighted by molar-refractivity contribution is 5.91. The van der Waals surface area contributed by atoms with Gasteiger partial charge in [-0.05, 0) is 32.0 Å². The number of rotatable bonds is 3. The fourth-order valence-electron chi connectivity index (χ4n) is 2.86. The highest BCUT2D eigenvalue weighted by atomic mass is 16.6. The minimum Gasteiger partial charge on any atom is -0.464 e. The second kappa shape index (κ2) is 6.94. The molecule has 1 unspecified atom stereocenters. The van der Waals surface area contributed by atoms with Gasteiger partial charge in [0.1, 0.15) is 17.6 Å². The van der Waals surface area contributed by atoms with Crippen molar-refractivity contribution < 1.29 is 18.9 Å². The second-order valence-electron chi connectivity index (χ2n) is 5.87. The first-order chi connectivity index (χ1) is 12.0. The third-order valence-electron chi connectivity index (χ3n) is 4.22. The molecule has 1 N–H and O–H groups in total. The number of anilines is 1. The van der Waals surface area contributed by atoms with Gasteiger partial charge >= 0.3 is 6.03 Å². The molecule has 0 saturated carbocycles. The largest absolute Gasteiger partial charge is 0.464 e. The summed E-state index contributed by atoms with van der Waals surface area (Å²) in [5.74, 6) is 1.42. The van der Waals surface area contributed by atoms with E-state index < -0.39 is 4.92 Å². The van der Waals surface area contributed by atoms with Crippen LogP contribution in [0.4, 0.5) is 16.2 Å². The van der Waals surface area contributed by atoms with E-state index in [9.17, 15) is 14.9 Å². The molecule has 1 aromatic heterocycles. The second-order valence-corrected chi connectivity index (χ2v) is 5.87. The average molecular weight is 345 g/mol. The summed E-state index contributed by atoms with van der Waals surface area (Å²) in [5.41, 5.74) is 0.803. The zero-order valence-electron chi connectivity index (χ0n) is 14.0. The van der Waals surface area contributed by atoms with Crippen molar-refractivity contribution in [2.24, 2.45) is 0 Å². The van der Waals surface area contributed by atoms with Crippen LogP contribution in [0.15, 0.2) is 34.7 Å². The Balaban J connectivity index is 1.82. The number of aryl methyl sites for hydroxylation is 1. The number of carbonyl (C=O) groups excluding carboxylic acids is 1. The van der Waals surface area contributed by atoms with Gasteiger partial charge in [0, 0.05) is 12.6 Å². The molecule has 132 valence electrons. The van der Waals surface area contributed by atoms with Gasteiger partial charge in [-0.1, -0.05) is 6.07 Å². The number of urea groups is 1. The van der Waals surface area contributed by atoms with Crippen molar-refractivity contribution in [2.45, 2.75) is 19.9 Å². The maximum atomic E-state index is 12.7. The van der Waals surface area contributed by atoms with E-state index in [0.717, 1.165) is 5.76 Å². The standard InChI is InChI=1S/C17H19N3O5/c1-11-6-7-16(25-11)15-10-24-9-8-19(15)17(21)18-13-4-3-5-14(12(13)2)20(22)23/h3-7,15H,8-10H2,1-2H3,(H,18,21). The molecule has 0 bridgehead atoms. The number of nitro groups is 1. The summed E-state index contributed by atoms with van der Waals surface area (Å²) >= 11 is 0. The van der Waals surface area contributed by atoms with Crippen LogP contribution in [0.3, 0.4) is 0 Å². The van der Waals surface area contributed by atoms with E-state index in [1.165, 1.54) is 6.07 Å². The molecule has 0 spiro atoms. The minimum absolute atomic E-state index is 0.0296. The number of nitrogens with zero attached hydrogens (tertiary/aromatic N) is 2. The van der Waals surface area contributed by atoms with E-state index in [2.05, 4.69) is 5.32 Å². The van der Waals surface area contributed by atoms with Crippen LogP contribution in [-0.4, -0.2) is 35.6 Å². The highest BCUT2D eigenvalue weighted by Gasteiger charge is 2.31. The lowest BCUT2D eigenvalue weighted by atomic mass is 10.1. The molecular weight excluding hydrogens is 326 g/mol. The SMILES string of the molecule is Cc1ccc(C2COCCN2C(=O)Nc2cccc([N+](=O)[O-])c2C)o1. The number of amides is 2. The molecule has 0 radical (unpaired) electrons. The van der Waals surface area contributed by atoms with E-state index in [1.807, 2.05) is 19.1 Å². The summed E-state index contributed by atoms with van der Waals surface area (Å²) in [7, 11) is 0. The van der Waals surface area contributed by atoms with Crippen LogP contribution in [0.5, 0.6) is 0 Å². The van der Waals surface area contributed by atoms with Gasteiger partial charge in [0.05, 0.1) is 29.4 Å². The van der Waals surface area contributed by atoms with E-state index in [1.54, 1.807) is 24.0 Å². The fraction of sp³-hybridized carbons (Fsp3) is 0.353. The topological polar surface area (TPSA) is 97.8 Å². The Morgan fingerprint density at radius 1 is 1.32 bits per heavy atom. The van der Waals surface area contributed by atoms with E-state index in [0.29, 0.717) is 36.8 Å². The molecule has 1 saturated heterocycles. The van der Waals surface area contributed by atoms with Crippen LogP contribution < -0.4 is 5.32 Å². The van der Waals surface area contributed by atoms with Gasteiger partial charge < -0.3 is 19.4 Å². The van der Waals surface area contributed by atoms with Crippen LogP contribution in [0, 0.1) is 24.0 Å². The summed E-state index contributed by atoms with van der Waals surface area (Å²) in [4.78, 5) is 25.0. The fourth-order valence-corrected chi connectivity index (χ4v) is 2.86.